The zero-order valence-corrected chi connectivity index (χ0v) is 7.28. The van der Waals surface area contributed by atoms with Gasteiger partial charge in [0.15, 0.2) is 0 Å². The summed E-state index contributed by atoms with van der Waals surface area (Å²) in [4.78, 5) is 4.17. The summed E-state index contributed by atoms with van der Waals surface area (Å²) >= 11 is 0. The van der Waals surface area contributed by atoms with Crippen molar-refractivity contribution in [3.05, 3.63) is 23.8 Å². The van der Waals surface area contributed by atoms with Gasteiger partial charge < -0.3 is 10.3 Å². The van der Waals surface area contributed by atoms with Gasteiger partial charge in [-0.25, -0.2) is 4.98 Å². The van der Waals surface area contributed by atoms with Gasteiger partial charge in [0, 0.05) is 12.6 Å². The molecule has 0 radical (unpaired) electrons. The van der Waals surface area contributed by atoms with Gasteiger partial charge in [-0.3, -0.25) is 0 Å². The molecule has 64 valence electrons. The highest BCUT2D eigenvalue weighted by molar-refractivity contribution is 5.79. The van der Waals surface area contributed by atoms with Gasteiger partial charge in [-0.05, 0) is 18.2 Å². The van der Waals surface area contributed by atoms with Crippen LogP contribution < -0.4 is 5.73 Å². The van der Waals surface area contributed by atoms with Crippen LogP contribution in [-0.4, -0.2) is 9.55 Å². The Morgan fingerprint density at radius 2 is 2.31 bits per heavy atom. The molecule has 0 amide bonds. The van der Waals surface area contributed by atoms with E-state index in [1.165, 1.54) is 0 Å². The van der Waals surface area contributed by atoms with Crippen molar-refractivity contribution >= 4 is 17.0 Å². The van der Waals surface area contributed by atoms with E-state index in [9.17, 15) is 0 Å². The van der Waals surface area contributed by atoms with Gasteiger partial charge in [0.05, 0.1) is 11.0 Å². The van der Waals surface area contributed by atoms with E-state index in [1.807, 2.05) is 29.8 Å². The monoisotopic (exact) mass is 171 g/mol. The number of benzene rings is 1. The molecule has 1 aromatic carbocycles. The Bertz CT molecular complexity index is 503. The molecule has 0 unspecified atom stereocenters. The van der Waals surface area contributed by atoms with Crippen molar-refractivity contribution in [2.75, 3.05) is 5.73 Å². The molecule has 13 heavy (non-hydrogen) atoms. The SMILES string of the molecule is C#Cc1ccc2c(c1)nc(N)n2C. The summed E-state index contributed by atoms with van der Waals surface area (Å²) in [5.74, 6) is 3.06. The highest BCUT2D eigenvalue weighted by atomic mass is 15.1. The Hall–Kier alpha value is -1.95. The van der Waals surface area contributed by atoms with Gasteiger partial charge in [0.1, 0.15) is 0 Å². The quantitative estimate of drug-likeness (QED) is 0.604. The fraction of sp³-hybridized carbons (Fsp3) is 0.100. The highest BCUT2D eigenvalue weighted by Crippen LogP contribution is 2.16. The number of rotatable bonds is 0. The van der Waals surface area contributed by atoms with E-state index in [0.717, 1.165) is 16.6 Å². The number of aromatic nitrogens is 2. The predicted molar refractivity (Wildman–Crippen MR) is 53.1 cm³/mol. The summed E-state index contributed by atoms with van der Waals surface area (Å²) in [7, 11) is 1.88. The fourth-order valence-corrected chi connectivity index (χ4v) is 1.31. The summed E-state index contributed by atoms with van der Waals surface area (Å²) in [6, 6.07) is 5.66. The van der Waals surface area contributed by atoms with Crippen molar-refractivity contribution in [1.82, 2.24) is 9.55 Å². The maximum atomic E-state index is 5.64. The second-order valence-electron chi connectivity index (χ2n) is 2.88. The Balaban J connectivity index is 2.82. The van der Waals surface area contributed by atoms with Crippen molar-refractivity contribution in [2.45, 2.75) is 0 Å². The van der Waals surface area contributed by atoms with Gasteiger partial charge in [0.25, 0.3) is 0 Å². The molecule has 3 nitrogen and oxygen atoms in total. The first kappa shape index (κ1) is 7.69. The minimum atomic E-state index is 0.504. The van der Waals surface area contributed by atoms with Crippen LogP contribution in [0.25, 0.3) is 11.0 Å². The first-order valence-electron chi connectivity index (χ1n) is 3.91. The van der Waals surface area contributed by atoms with Crippen LogP contribution in [0.2, 0.25) is 0 Å². The lowest BCUT2D eigenvalue weighted by Crippen LogP contribution is -1.95. The number of nitrogen functional groups attached to an aromatic ring is 1. The van der Waals surface area contributed by atoms with Crippen LogP contribution in [0.15, 0.2) is 18.2 Å². The molecule has 1 heterocycles. The number of hydrogen-bond donors (Lipinski definition) is 1. The standard InChI is InChI=1S/C10H9N3/c1-3-7-4-5-9-8(6-7)12-10(11)13(9)2/h1,4-6H,2H3,(H2,11,12). The molecule has 0 spiro atoms. The van der Waals surface area contributed by atoms with Gasteiger partial charge in [0.2, 0.25) is 5.95 Å². The number of imidazole rings is 1. The summed E-state index contributed by atoms with van der Waals surface area (Å²) in [5.41, 5.74) is 8.31. The minimum Gasteiger partial charge on any atom is -0.369 e. The van der Waals surface area contributed by atoms with Gasteiger partial charge >= 0.3 is 0 Å². The van der Waals surface area contributed by atoms with E-state index in [-0.39, 0.29) is 0 Å². The highest BCUT2D eigenvalue weighted by Gasteiger charge is 2.03. The minimum absolute atomic E-state index is 0.504. The third-order valence-corrected chi connectivity index (χ3v) is 2.08. The second-order valence-corrected chi connectivity index (χ2v) is 2.88. The summed E-state index contributed by atoms with van der Waals surface area (Å²) < 4.78 is 1.83. The molecule has 0 atom stereocenters. The molecule has 2 rings (SSSR count). The van der Waals surface area contributed by atoms with E-state index in [2.05, 4.69) is 10.9 Å². The van der Waals surface area contributed by atoms with Crippen LogP contribution in [0.1, 0.15) is 5.56 Å². The number of hydrogen-bond acceptors (Lipinski definition) is 2. The fourth-order valence-electron chi connectivity index (χ4n) is 1.31. The molecule has 0 saturated carbocycles. The Morgan fingerprint density at radius 3 is 3.00 bits per heavy atom. The molecule has 2 aromatic rings. The number of fused-ring (bicyclic) bond motifs is 1. The summed E-state index contributed by atoms with van der Waals surface area (Å²) in [6.07, 6.45) is 5.27. The zero-order valence-electron chi connectivity index (χ0n) is 7.28. The molecule has 0 fully saturated rings. The topological polar surface area (TPSA) is 43.8 Å². The maximum absolute atomic E-state index is 5.64. The lowest BCUT2D eigenvalue weighted by atomic mass is 10.2. The van der Waals surface area contributed by atoms with Crippen molar-refractivity contribution in [1.29, 1.82) is 0 Å². The molecule has 0 aliphatic rings. The number of aryl methyl sites for hydroxylation is 1. The average molecular weight is 171 g/mol. The lowest BCUT2D eigenvalue weighted by molar-refractivity contribution is 0.965. The van der Waals surface area contributed by atoms with Gasteiger partial charge in [-0.15, -0.1) is 6.42 Å². The van der Waals surface area contributed by atoms with E-state index < -0.39 is 0 Å². The van der Waals surface area contributed by atoms with E-state index in [0.29, 0.717) is 5.95 Å². The van der Waals surface area contributed by atoms with Crippen LogP contribution in [0.3, 0.4) is 0 Å². The smallest absolute Gasteiger partial charge is 0.200 e. The molecule has 1 aromatic heterocycles. The molecular formula is C10H9N3. The van der Waals surface area contributed by atoms with Crippen LogP contribution in [-0.2, 0) is 7.05 Å². The third-order valence-electron chi connectivity index (χ3n) is 2.08. The Morgan fingerprint density at radius 1 is 1.54 bits per heavy atom. The molecule has 0 saturated heterocycles. The largest absolute Gasteiger partial charge is 0.369 e. The van der Waals surface area contributed by atoms with Crippen LogP contribution in [0.4, 0.5) is 5.95 Å². The lowest BCUT2D eigenvalue weighted by Gasteiger charge is -1.95. The maximum Gasteiger partial charge on any atom is 0.200 e. The van der Waals surface area contributed by atoms with Crippen LogP contribution in [0.5, 0.6) is 0 Å². The van der Waals surface area contributed by atoms with Crippen molar-refractivity contribution in [2.24, 2.45) is 7.05 Å². The summed E-state index contributed by atoms with van der Waals surface area (Å²) in [6.45, 7) is 0. The zero-order chi connectivity index (χ0) is 9.42. The summed E-state index contributed by atoms with van der Waals surface area (Å²) in [5, 5.41) is 0. The second kappa shape index (κ2) is 2.53. The third kappa shape index (κ3) is 1.04. The van der Waals surface area contributed by atoms with Crippen LogP contribution in [0, 0.1) is 12.3 Å². The average Bonchev–Trinajstić information content (AvgIpc) is 2.42. The molecule has 2 N–H and O–H groups in total. The van der Waals surface area contributed by atoms with E-state index >= 15 is 0 Å². The Kier molecular flexibility index (Phi) is 1.49. The molecule has 0 bridgehead atoms. The van der Waals surface area contributed by atoms with E-state index in [4.69, 9.17) is 12.2 Å². The molecular weight excluding hydrogens is 162 g/mol. The van der Waals surface area contributed by atoms with E-state index in [1.54, 1.807) is 0 Å². The molecule has 0 aliphatic heterocycles. The van der Waals surface area contributed by atoms with Crippen molar-refractivity contribution < 1.29 is 0 Å². The first-order chi connectivity index (χ1) is 6.22. The first-order valence-corrected chi connectivity index (χ1v) is 3.91. The normalized spacial score (nSPS) is 10.2. The van der Waals surface area contributed by atoms with Gasteiger partial charge in [-0.2, -0.15) is 0 Å². The predicted octanol–water partition coefficient (Wildman–Crippen LogP) is 1.14. The number of nitrogens with two attached hydrogens (primary N) is 1. The Labute approximate surface area is 76.2 Å². The van der Waals surface area contributed by atoms with Crippen molar-refractivity contribution in [3.63, 3.8) is 0 Å². The van der Waals surface area contributed by atoms with Crippen LogP contribution >= 0.6 is 0 Å². The van der Waals surface area contributed by atoms with Crippen molar-refractivity contribution in [3.8, 4) is 12.3 Å². The number of terminal acetylenes is 1. The van der Waals surface area contributed by atoms with Gasteiger partial charge in [-0.1, -0.05) is 5.92 Å². The molecule has 0 aliphatic carbocycles. The number of nitrogens with zero attached hydrogens (tertiary/aromatic N) is 2. The molecule has 3 heteroatoms. The number of anilines is 1.